The highest BCUT2D eigenvalue weighted by molar-refractivity contribution is 14.0. The standard InChI is InChI=1S/C20H33N3O3.HI/c1-4-21-19(23-14-20(8-11-24)9-12-26-15-20)22-10-7-17-13-16(2)5-6-18(17)25-3;/h5-6,13,24H,4,7-12,14-15H2,1-3H3,(H2,21,22,23);1H. The number of ether oxygens (including phenoxy) is 2. The van der Waals surface area contributed by atoms with Crippen LogP contribution in [0.5, 0.6) is 5.75 Å². The number of rotatable bonds is 9. The number of guanidine groups is 1. The third-order valence-corrected chi connectivity index (χ3v) is 4.87. The van der Waals surface area contributed by atoms with E-state index >= 15 is 0 Å². The van der Waals surface area contributed by atoms with Crippen LogP contribution in [0.25, 0.3) is 0 Å². The van der Waals surface area contributed by atoms with Crippen LogP contribution >= 0.6 is 24.0 Å². The summed E-state index contributed by atoms with van der Waals surface area (Å²) >= 11 is 0. The maximum absolute atomic E-state index is 9.35. The van der Waals surface area contributed by atoms with Crippen LogP contribution in [-0.4, -0.2) is 57.6 Å². The van der Waals surface area contributed by atoms with Crippen molar-refractivity contribution in [3.8, 4) is 5.75 Å². The van der Waals surface area contributed by atoms with E-state index in [1.165, 1.54) is 11.1 Å². The number of nitrogens with one attached hydrogen (secondary N) is 2. The van der Waals surface area contributed by atoms with Crippen molar-refractivity contribution in [2.75, 3.05) is 46.6 Å². The first-order valence-corrected chi connectivity index (χ1v) is 9.47. The van der Waals surface area contributed by atoms with Gasteiger partial charge in [0.1, 0.15) is 5.75 Å². The number of hydrogen-bond acceptors (Lipinski definition) is 4. The fraction of sp³-hybridized carbons (Fsp3) is 0.650. The topological polar surface area (TPSA) is 75.1 Å². The number of nitrogens with zero attached hydrogens (tertiary/aromatic N) is 1. The maximum Gasteiger partial charge on any atom is 0.191 e. The molecule has 1 aromatic carbocycles. The lowest BCUT2D eigenvalue weighted by Gasteiger charge is -2.24. The van der Waals surface area contributed by atoms with Gasteiger partial charge >= 0.3 is 0 Å². The van der Waals surface area contributed by atoms with Crippen LogP contribution < -0.4 is 15.4 Å². The van der Waals surface area contributed by atoms with E-state index in [1.54, 1.807) is 7.11 Å². The van der Waals surface area contributed by atoms with Gasteiger partial charge in [0.05, 0.1) is 20.3 Å². The molecule has 154 valence electrons. The summed E-state index contributed by atoms with van der Waals surface area (Å²) in [5.41, 5.74) is 2.39. The van der Waals surface area contributed by atoms with Crippen LogP contribution in [0.2, 0.25) is 0 Å². The van der Waals surface area contributed by atoms with E-state index < -0.39 is 0 Å². The van der Waals surface area contributed by atoms with Crippen molar-refractivity contribution in [1.82, 2.24) is 10.6 Å². The molecule has 1 aliphatic heterocycles. The van der Waals surface area contributed by atoms with Gasteiger partial charge in [-0.3, -0.25) is 4.99 Å². The molecule has 0 aromatic heterocycles. The Morgan fingerprint density at radius 3 is 2.81 bits per heavy atom. The molecule has 1 aromatic rings. The predicted molar refractivity (Wildman–Crippen MR) is 120 cm³/mol. The lowest BCUT2D eigenvalue weighted by atomic mass is 9.84. The van der Waals surface area contributed by atoms with Gasteiger partial charge in [-0.25, -0.2) is 0 Å². The molecule has 1 fully saturated rings. The molecule has 1 heterocycles. The zero-order valence-electron chi connectivity index (χ0n) is 16.7. The minimum atomic E-state index is -0.0309. The molecule has 2 rings (SSSR count). The van der Waals surface area contributed by atoms with Crippen LogP contribution in [0.15, 0.2) is 23.2 Å². The van der Waals surface area contributed by atoms with Gasteiger partial charge in [0.2, 0.25) is 0 Å². The molecule has 7 heteroatoms. The van der Waals surface area contributed by atoms with Crippen molar-refractivity contribution < 1.29 is 14.6 Å². The van der Waals surface area contributed by atoms with Crippen molar-refractivity contribution >= 4 is 29.9 Å². The Bertz CT molecular complexity index is 590. The Hall–Kier alpha value is -1.06. The van der Waals surface area contributed by atoms with Gasteiger partial charge in [-0.05, 0) is 44.7 Å². The smallest absolute Gasteiger partial charge is 0.191 e. The third kappa shape index (κ3) is 7.46. The number of aliphatic hydroxyl groups excluding tert-OH is 1. The molecule has 0 radical (unpaired) electrons. The lowest BCUT2D eigenvalue weighted by molar-refractivity contribution is 0.131. The average molecular weight is 491 g/mol. The quantitative estimate of drug-likeness (QED) is 0.281. The molecule has 0 saturated carbocycles. The van der Waals surface area contributed by atoms with E-state index in [0.717, 1.165) is 50.7 Å². The molecule has 1 atom stereocenters. The molecule has 0 spiro atoms. The Morgan fingerprint density at radius 2 is 2.19 bits per heavy atom. The molecule has 1 aliphatic rings. The number of hydrogen-bond donors (Lipinski definition) is 3. The highest BCUT2D eigenvalue weighted by atomic mass is 127. The molecule has 3 N–H and O–H groups in total. The van der Waals surface area contributed by atoms with Crippen molar-refractivity contribution in [3.63, 3.8) is 0 Å². The molecule has 0 amide bonds. The summed E-state index contributed by atoms with van der Waals surface area (Å²) in [6, 6.07) is 6.24. The van der Waals surface area contributed by atoms with E-state index in [0.29, 0.717) is 13.2 Å². The molecule has 1 unspecified atom stereocenters. The van der Waals surface area contributed by atoms with Crippen LogP contribution in [0.4, 0.5) is 0 Å². The summed E-state index contributed by atoms with van der Waals surface area (Å²) in [7, 11) is 1.71. The minimum absolute atomic E-state index is 0. The predicted octanol–water partition coefficient (Wildman–Crippen LogP) is 2.51. The maximum atomic E-state index is 9.35. The number of aliphatic hydroxyl groups is 1. The van der Waals surface area contributed by atoms with Crippen molar-refractivity contribution in [3.05, 3.63) is 29.3 Å². The number of halogens is 1. The van der Waals surface area contributed by atoms with Gasteiger partial charge in [0.25, 0.3) is 0 Å². The van der Waals surface area contributed by atoms with E-state index in [1.807, 2.05) is 6.07 Å². The first kappa shape index (κ1) is 24.0. The fourth-order valence-electron chi connectivity index (χ4n) is 3.29. The second-order valence-electron chi connectivity index (χ2n) is 6.96. The van der Waals surface area contributed by atoms with E-state index in [9.17, 15) is 5.11 Å². The normalized spacial score (nSPS) is 19.5. The van der Waals surface area contributed by atoms with Gasteiger partial charge in [0.15, 0.2) is 5.96 Å². The zero-order valence-corrected chi connectivity index (χ0v) is 19.0. The summed E-state index contributed by atoms with van der Waals surface area (Å²) in [5, 5.41) is 16.1. The molecule has 1 saturated heterocycles. The fourth-order valence-corrected chi connectivity index (χ4v) is 3.29. The third-order valence-electron chi connectivity index (χ3n) is 4.87. The first-order chi connectivity index (χ1) is 12.6. The molecule has 0 aliphatic carbocycles. The Labute approximate surface area is 180 Å². The second kappa shape index (κ2) is 12.4. The van der Waals surface area contributed by atoms with Crippen LogP contribution in [0, 0.1) is 12.3 Å². The van der Waals surface area contributed by atoms with Gasteiger partial charge in [-0.1, -0.05) is 17.7 Å². The first-order valence-electron chi connectivity index (χ1n) is 9.47. The van der Waals surface area contributed by atoms with E-state index in [4.69, 9.17) is 14.5 Å². The Morgan fingerprint density at radius 1 is 1.37 bits per heavy atom. The Kier molecular flexibility index (Phi) is 11.0. The number of benzene rings is 1. The van der Waals surface area contributed by atoms with E-state index in [-0.39, 0.29) is 36.0 Å². The summed E-state index contributed by atoms with van der Waals surface area (Å²) in [4.78, 5) is 4.75. The minimum Gasteiger partial charge on any atom is -0.496 e. The van der Waals surface area contributed by atoms with Crippen molar-refractivity contribution in [1.29, 1.82) is 0 Å². The summed E-state index contributed by atoms with van der Waals surface area (Å²) in [6.07, 6.45) is 2.55. The number of aliphatic imine (C=N–C) groups is 1. The molecular formula is C20H34IN3O3. The molecular weight excluding hydrogens is 457 g/mol. The Balaban J connectivity index is 0.00000364. The highest BCUT2D eigenvalue weighted by Crippen LogP contribution is 2.32. The molecule has 27 heavy (non-hydrogen) atoms. The van der Waals surface area contributed by atoms with E-state index in [2.05, 4.69) is 36.6 Å². The number of methoxy groups -OCH3 is 1. The zero-order chi connectivity index (χ0) is 18.8. The lowest BCUT2D eigenvalue weighted by Crippen LogP contribution is -2.39. The van der Waals surface area contributed by atoms with Crippen LogP contribution in [0.1, 0.15) is 30.9 Å². The molecule has 0 bridgehead atoms. The highest BCUT2D eigenvalue weighted by Gasteiger charge is 2.34. The van der Waals surface area contributed by atoms with Crippen LogP contribution in [0.3, 0.4) is 0 Å². The monoisotopic (exact) mass is 491 g/mol. The van der Waals surface area contributed by atoms with Gasteiger partial charge in [0, 0.05) is 31.7 Å². The van der Waals surface area contributed by atoms with Gasteiger partial charge in [-0.2, -0.15) is 0 Å². The largest absolute Gasteiger partial charge is 0.496 e. The number of aryl methyl sites for hydroxylation is 1. The summed E-state index contributed by atoms with van der Waals surface area (Å²) < 4.78 is 11.0. The van der Waals surface area contributed by atoms with Crippen molar-refractivity contribution in [2.24, 2.45) is 10.4 Å². The summed E-state index contributed by atoms with van der Waals surface area (Å²) in [5.74, 6) is 1.73. The molecule has 6 nitrogen and oxygen atoms in total. The second-order valence-corrected chi connectivity index (χ2v) is 6.96. The average Bonchev–Trinajstić information content (AvgIpc) is 3.09. The van der Waals surface area contributed by atoms with Crippen LogP contribution in [-0.2, 0) is 11.2 Å². The SMILES string of the molecule is CCNC(=NCC1(CCO)CCOC1)NCCc1cc(C)ccc1OC.I. The van der Waals surface area contributed by atoms with Crippen molar-refractivity contribution in [2.45, 2.75) is 33.1 Å². The summed E-state index contributed by atoms with van der Waals surface area (Å²) in [6.45, 7) is 8.00. The van der Waals surface area contributed by atoms with Gasteiger partial charge in [-0.15, -0.1) is 24.0 Å². The van der Waals surface area contributed by atoms with Gasteiger partial charge < -0.3 is 25.2 Å².